The van der Waals surface area contributed by atoms with Gasteiger partial charge in [0.1, 0.15) is 5.75 Å². The number of benzene rings is 2. The van der Waals surface area contributed by atoms with E-state index >= 15 is 0 Å². The average molecular weight is 420 g/mol. The SMILES string of the molecule is COc1cc(NC(=O)C2CC[CH-]CC2)ccc1C.[CH2-]c1c(O)cccc1[C-]=O.[K+]. The van der Waals surface area contributed by atoms with Crippen molar-refractivity contribution in [3.8, 4) is 11.5 Å². The molecule has 5 nitrogen and oxygen atoms in total. The molecule has 1 aliphatic carbocycles. The summed E-state index contributed by atoms with van der Waals surface area (Å²) in [6.07, 6.45) is 7.96. The first-order chi connectivity index (χ1) is 13.5. The summed E-state index contributed by atoms with van der Waals surface area (Å²) in [5.74, 6) is 1.13. The molecule has 2 aromatic rings. The van der Waals surface area contributed by atoms with E-state index in [0.29, 0.717) is 11.1 Å². The van der Waals surface area contributed by atoms with Crippen molar-refractivity contribution in [2.24, 2.45) is 5.92 Å². The second-order valence-electron chi connectivity index (χ2n) is 6.72. The summed E-state index contributed by atoms with van der Waals surface area (Å²) in [7, 11) is 1.64. The van der Waals surface area contributed by atoms with Crippen molar-refractivity contribution < 1.29 is 70.8 Å². The van der Waals surface area contributed by atoms with Crippen LogP contribution in [0.4, 0.5) is 5.69 Å². The van der Waals surface area contributed by atoms with E-state index in [4.69, 9.17) is 9.84 Å². The second kappa shape index (κ2) is 13.1. The molecule has 2 N–H and O–H groups in total. The fourth-order valence-corrected chi connectivity index (χ4v) is 3.00. The summed E-state index contributed by atoms with van der Waals surface area (Å²) < 4.78 is 5.26. The van der Waals surface area contributed by atoms with Crippen LogP contribution in [-0.4, -0.2) is 24.4 Å². The van der Waals surface area contributed by atoms with Crippen molar-refractivity contribution in [2.45, 2.75) is 32.6 Å². The van der Waals surface area contributed by atoms with Gasteiger partial charge in [-0.2, -0.15) is 12.8 Å². The first-order valence-corrected chi connectivity index (χ1v) is 9.25. The van der Waals surface area contributed by atoms with Crippen molar-refractivity contribution in [3.05, 3.63) is 66.4 Å². The Morgan fingerprint density at radius 3 is 2.55 bits per heavy atom. The number of anilines is 1. The number of rotatable bonds is 4. The molecule has 1 fully saturated rings. The molecule has 0 unspecified atom stereocenters. The molecule has 29 heavy (non-hydrogen) atoms. The predicted octanol–water partition coefficient (Wildman–Crippen LogP) is 1.37. The van der Waals surface area contributed by atoms with Gasteiger partial charge in [0.05, 0.1) is 7.11 Å². The largest absolute Gasteiger partial charge is 1.00 e. The molecule has 0 saturated heterocycles. The molecular formula is C23H26KNO4-2. The standard InChI is InChI=1S/C15H20NO2.C8H6O2.K/c1-11-8-9-13(10-14(11)18-2)16-15(17)12-6-4-3-5-7-12;1-6-7(5-9)3-2-4-8(6)10;/h3,8-10,12H,4-7H2,1-2H3,(H,16,17);2-4,10H,1H2;/q-1;-2;+1. The Morgan fingerprint density at radius 2 is 1.97 bits per heavy atom. The van der Waals surface area contributed by atoms with Crippen molar-refractivity contribution in [2.75, 3.05) is 12.4 Å². The predicted molar refractivity (Wildman–Crippen MR) is 110 cm³/mol. The summed E-state index contributed by atoms with van der Waals surface area (Å²) in [5.41, 5.74) is 2.53. The van der Waals surface area contributed by atoms with Crippen molar-refractivity contribution >= 4 is 17.9 Å². The van der Waals surface area contributed by atoms with Crippen LogP contribution in [0.5, 0.6) is 11.5 Å². The Kier molecular flexibility index (Phi) is 11.6. The Bertz CT molecular complexity index is 817. The van der Waals surface area contributed by atoms with Crippen molar-refractivity contribution in [3.63, 3.8) is 0 Å². The van der Waals surface area contributed by atoms with Crippen LogP contribution in [0.3, 0.4) is 0 Å². The van der Waals surface area contributed by atoms with E-state index < -0.39 is 0 Å². The normalized spacial score (nSPS) is 13.3. The quantitative estimate of drug-likeness (QED) is 0.580. The molecule has 1 saturated carbocycles. The molecule has 1 amide bonds. The van der Waals surface area contributed by atoms with Gasteiger partial charge in [0, 0.05) is 17.7 Å². The number of carbonyl (C=O) groups is 1. The van der Waals surface area contributed by atoms with Gasteiger partial charge in [0.15, 0.2) is 0 Å². The number of hydrogen-bond donors (Lipinski definition) is 2. The summed E-state index contributed by atoms with van der Waals surface area (Å²) in [6.45, 7) is 5.47. The van der Waals surface area contributed by atoms with Gasteiger partial charge in [0.2, 0.25) is 5.91 Å². The van der Waals surface area contributed by atoms with Crippen LogP contribution in [0.25, 0.3) is 0 Å². The maximum atomic E-state index is 12.1. The maximum Gasteiger partial charge on any atom is 1.00 e. The van der Waals surface area contributed by atoms with Crippen LogP contribution in [0.1, 0.15) is 42.4 Å². The molecule has 150 valence electrons. The topological polar surface area (TPSA) is 75.6 Å². The number of nitrogens with one attached hydrogen (secondary N) is 1. The first-order valence-electron chi connectivity index (χ1n) is 9.25. The molecule has 2 aromatic carbocycles. The van der Waals surface area contributed by atoms with E-state index in [1.54, 1.807) is 25.5 Å². The minimum atomic E-state index is 0. The number of ether oxygens (including phenoxy) is 1. The van der Waals surface area contributed by atoms with Crippen LogP contribution in [0, 0.1) is 26.2 Å². The van der Waals surface area contributed by atoms with E-state index in [-0.39, 0.29) is 69.0 Å². The van der Waals surface area contributed by atoms with Crippen LogP contribution >= 0.6 is 0 Å². The van der Waals surface area contributed by atoms with Crippen LogP contribution in [0.2, 0.25) is 0 Å². The number of carbonyl (C=O) groups excluding carboxylic acids is 2. The third-order valence-electron chi connectivity index (χ3n) is 4.75. The van der Waals surface area contributed by atoms with Gasteiger partial charge in [-0.15, -0.1) is 12.1 Å². The monoisotopic (exact) mass is 419 g/mol. The van der Waals surface area contributed by atoms with Crippen LogP contribution in [-0.2, 0) is 9.59 Å². The van der Waals surface area contributed by atoms with Crippen LogP contribution in [0.15, 0.2) is 36.4 Å². The molecular weight excluding hydrogens is 393 g/mol. The van der Waals surface area contributed by atoms with Crippen molar-refractivity contribution in [1.29, 1.82) is 0 Å². The Labute approximate surface area is 215 Å². The summed E-state index contributed by atoms with van der Waals surface area (Å²) in [4.78, 5) is 22.2. The van der Waals surface area contributed by atoms with E-state index in [2.05, 4.69) is 18.7 Å². The number of hydrogen-bond acceptors (Lipinski definition) is 4. The average Bonchev–Trinajstić information content (AvgIpc) is 2.72. The minimum absolute atomic E-state index is 0. The molecule has 1 aliphatic rings. The van der Waals surface area contributed by atoms with Gasteiger partial charge in [-0.05, 0) is 30.6 Å². The fourth-order valence-electron chi connectivity index (χ4n) is 3.00. The summed E-state index contributed by atoms with van der Waals surface area (Å²) >= 11 is 0. The molecule has 0 aromatic heterocycles. The third-order valence-corrected chi connectivity index (χ3v) is 4.75. The van der Waals surface area contributed by atoms with Crippen LogP contribution < -0.4 is 61.4 Å². The number of aryl methyl sites for hydroxylation is 1. The summed E-state index contributed by atoms with van der Waals surface area (Å²) in [6, 6.07) is 10.4. The van der Waals surface area contributed by atoms with Gasteiger partial charge in [-0.3, -0.25) is 22.8 Å². The molecule has 0 atom stereocenters. The van der Waals surface area contributed by atoms with E-state index in [9.17, 15) is 9.59 Å². The Hall–Kier alpha value is -1.31. The zero-order chi connectivity index (χ0) is 20.5. The molecule has 0 bridgehead atoms. The number of amides is 1. The van der Waals surface area contributed by atoms with Crippen molar-refractivity contribution in [1.82, 2.24) is 0 Å². The van der Waals surface area contributed by atoms with Gasteiger partial charge in [-0.25, -0.2) is 6.07 Å². The van der Waals surface area contributed by atoms with Gasteiger partial charge < -0.3 is 26.4 Å². The fraction of sp³-hybridized carbons (Fsp3) is 0.304. The van der Waals surface area contributed by atoms with Gasteiger partial charge >= 0.3 is 51.4 Å². The maximum absolute atomic E-state index is 12.1. The molecule has 0 heterocycles. The Balaban J connectivity index is 0.000000327. The zero-order valence-corrected chi connectivity index (χ0v) is 20.4. The number of phenolic OH excluding ortho intramolecular Hbond substituents is 1. The van der Waals surface area contributed by atoms with E-state index in [1.165, 1.54) is 6.07 Å². The Morgan fingerprint density at radius 1 is 1.28 bits per heavy atom. The van der Waals surface area contributed by atoms with Gasteiger partial charge in [0.25, 0.3) is 0 Å². The molecule has 6 heteroatoms. The number of methoxy groups -OCH3 is 1. The second-order valence-corrected chi connectivity index (χ2v) is 6.72. The summed E-state index contributed by atoms with van der Waals surface area (Å²) in [5, 5.41) is 12.0. The van der Waals surface area contributed by atoms with Gasteiger partial charge in [-0.1, -0.05) is 18.9 Å². The van der Waals surface area contributed by atoms with E-state index in [1.807, 2.05) is 25.1 Å². The smallest absolute Gasteiger partial charge is 0.578 e. The molecule has 3 rings (SSSR count). The third kappa shape index (κ3) is 7.79. The minimum Gasteiger partial charge on any atom is -0.578 e. The number of phenols is 1. The molecule has 0 spiro atoms. The zero-order valence-electron chi connectivity index (χ0n) is 17.3. The van der Waals surface area contributed by atoms with E-state index in [0.717, 1.165) is 42.7 Å². The number of aromatic hydroxyl groups is 1. The molecule has 0 aliphatic heterocycles. The first kappa shape index (κ1) is 25.7. The molecule has 0 radical (unpaired) electrons.